The third-order valence-corrected chi connectivity index (χ3v) is 4.17. The molecule has 5 nitrogen and oxygen atoms in total. The Hall–Kier alpha value is -1.62. The van der Waals surface area contributed by atoms with Crippen molar-refractivity contribution in [3.63, 3.8) is 0 Å². The van der Waals surface area contributed by atoms with E-state index in [9.17, 15) is 4.79 Å². The largest absolute Gasteiger partial charge is 0.383 e. The lowest BCUT2D eigenvalue weighted by molar-refractivity contribution is 0.0897. The number of carbonyl (C=O) groups excluding carboxylic acids is 1. The summed E-state index contributed by atoms with van der Waals surface area (Å²) in [6.07, 6.45) is 6.42. The Morgan fingerprint density at radius 1 is 1.52 bits per heavy atom. The highest BCUT2D eigenvalue weighted by atomic mass is 16.1. The van der Waals surface area contributed by atoms with Crippen molar-refractivity contribution in [3.8, 4) is 0 Å². The molecule has 0 radical (unpaired) electrons. The number of likely N-dealkylation sites (tertiary alicyclic amines) is 1. The topological polar surface area (TPSA) is 57.3 Å². The molecule has 1 aromatic heterocycles. The third kappa shape index (κ3) is 4.17. The zero-order valence-electron chi connectivity index (χ0n) is 13.2. The van der Waals surface area contributed by atoms with E-state index in [2.05, 4.69) is 41.4 Å². The molecule has 1 aliphatic heterocycles. The number of hydrogen-bond acceptors (Lipinski definition) is 4. The summed E-state index contributed by atoms with van der Waals surface area (Å²) in [5.41, 5.74) is 1.50. The minimum atomic E-state index is -0.00208. The van der Waals surface area contributed by atoms with Crippen LogP contribution in [0, 0.1) is 0 Å². The fraction of sp³-hybridized carbons (Fsp3) is 0.625. The standard InChI is InChI=1S/C16H26N4O/c1-4-7-18-15-11-17-8-5-14(15)16(21)19-13-6-9-20(3)12(2)10-13/h5,8,11-13,18H,4,6-7,9-10H2,1-3H3,(H,19,21). The number of nitrogens with zero attached hydrogens (tertiary/aromatic N) is 2. The second kappa shape index (κ2) is 7.41. The van der Waals surface area contributed by atoms with Crippen LogP contribution in [0.1, 0.15) is 43.5 Å². The van der Waals surface area contributed by atoms with E-state index in [1.165, 1.54) is 0 Å². The summed E-state index contributed by atoms with van der Waals surface area (Å²) >= 11 is 0. The van der Waals surface area contributed by atoms with Crippen molar-refractivity contribution in [3.05, 3.63) is 24.0 Å². The van der Waals surface area contributed by atoms with Gasteiger partial charge in [-0.1, -0.05) is 6.92 Å². The molecule has 2 atom stereocenters. The number of anilines is 1. The molecular formula is C16H26N4O. The number of amides is 1. The lowest BCUT2D eigenvalue weighted by Crippen LogP contribution is -2.47. The molecule has 2 rings (SSSR count). The Morgan fingerprint density at radius 2 is 2.33 bits per heavy atom. The van der Waals surface area contributed by atoms with Gasteiger partial charge in [0.1, 0.15) is 0 Å². The van der Waals surface area contributed by atoms with Gasteiger partial charge in [-0.15, -0.1) is 0 Å². The predicted molar refractivity (Wildman–Crippen MR) is 85.6 cm³/mol. The number of nitrogens with one attached hydrogen (secondary N) is 2. The average Bonchev–Trinajstić information content (AvgIpc) is 2.49. The molecule has 116 valence electrons. The van der Waals surface area contributed by atoms with E-state index in [4.69, 9.17) is 0 Å². The number of hydrogen-bond donors (Lipinski definition) is 2. The molecular weight excluding hydrogens is 264 g/mol. The first-order valence-electron chi connectivity index (χ1n) is 7.80. The van der Waals surface area contributed by atoms with E-state index in [0.29, 0.717) is 11.6 Å². The number of aromatic nitrogens is 1. The van der Waals surface area contributed by atoms with Crippen LogP contribution < -0.4 is 10.6 Å². The van der Waals surface area contributed by atoms with Gasteiger partial charge in [-0.05, 0) is 39.3 Å². The van der Waals surface area contributed by atoms with Crippen LogP contribution in [0.4, 0.5) is 5.69 Å². The molecule has 2 unspecified atom stereocenters. The van der Waals surface area contributed by atoms with Gasteiger partial charge in [0.15, 0.2) is 0 Å². The lowest BCUT2D eigenvalue weighted by atomic mass is 9.98. The molecule has 5 heteroatoms. The van der Waals surface area contributed by atoms with Crippen molar-refractivity contribution in [1.29, 1.82) is 0 Å². The van der Waals surface area contributed by atoms with Crippen LogP contribution in [0.3, 0.4) is 0 Å². The quantitative estimate of drug-likeness (QED) is 0.872. The Bertz CT molecular complexity index is 477. The summed E-state index contributed by atoms with van der Waals surface area (Å²) in [5, 5.41) is 6.43. The highest BCUT2D eigenvalue weighted by Gasteiger charge is 2.24. The summed E-state index contributed by atoms with van der Waals surface area (Å²) in [4.78, 5) is 18.9. The van der Waals surface area contributed by atoms with Crippen LogP contribution in [0.15, 0.2) is 18.5 Å². The summed E-state index contributed by atoms with van der Waals surface area (Å²) in [6.45, 7) is 6.18. The summed E-state index contributed by atoms with van der Waals surface area (Å²) < 4.78 is 0. The van der Waals surface area contributed by atoms with E-state index in [0.717, 1.165) is 38.0 Å². The van der Waals surface area contributed by atoms with Crippen molar-refractivity contribution < 1.29 is 4.79 Å². The van der Waals surface area contributed by atoms with Crippen molar-refractivity contribution in [2.45, 2.75) is 45.2 Å². The van der Waals surface area contributed by atoms with Crippen molar-refractivity contribution in [2.75, 3.05) is 25.5 Å². The normalized spacial score (nSPS) is 22.8. The minimum absolute atomic E-state index is 0.00208. The van der Waals surface area contributed by atoms with Gasteiger partial charge >= 0.3 is 0 Å². The van der Waals surface area contributed by atoms with Gasteiger partial charge in [-0.2, -0.15) is 0 Å². The zero-order valence-corrected chi connectivity index (χ0v) is 13.2. The van der Waals surface area contributed by atoms with Crippen molar-refractivity contribution >= 4 is 11.6 Å². The summed E-state index contributed by atoms with van der Waals surface area (Å²) in [5.74, 6) is -0.00208. The number of rotatable bonds is 5. The molecule has 0 spiro atoms. The molecule has 2 N–H and O–H groups in total. The van der Waals surface area contributed by atoms with Gasteiger partial charge < -0.3 is 15.5 Å². The van der Waals surface area contributed by atoms with Crippen LogP contribution in [-0.2, 0) is 0 Å². The average molecular weight is 290 g/mol. The van der Waals surface area contributed by atoms with Gasteiger partial charge in [-0.3, -0.25) is 9.78 Å². The number of pyridine rings is 1. The van der Waals surface area contributed by atoms with E-state index in [1.807, 2.05) is 0 Å². The lowest BCUT2D eigenvalue weighted by Gasteiger charge is -2.35. The van der Waals surface area contributed by atoms with Crippen LogP contribution >= 0.6 is 0 Å². The van der Waals surface area contributed by atoms with Crippen molar-refractivity contribution in [2.24, 2.45) is 0 Å². The third-order valence-electron chi connectivity index (χ3n) is 4.17. The van der Waals surface area contributed by atoms with E-state index in [1.54, 1.807) is 18.5 Å². The molecule has 21 heavy (non-hydrogen) atoms. The SMILES string of the molecule is CCCNc1cnccc1C(=O)NC1CCN(C)C(C)C1. The Morgan fingerprint density at radius 3 is 3.05 bits per heavy atom. The highest BCUT2D eigenvalue weighted by Crippen LogP contribution is 2.18. The van der Waals surface area contributed by atoms with Crippen LogP contribution in [-0.4, -0.2) is 48.0 Å². The second-order valence-electron chi connectivity index (χ2n) is 5.87. The van der Waals surface area contributed by atoms with Gasteiger partial charge in [0.05, 0.1) is 17.4 Å². The van der Waals surface area contributed by atoms with Gasteiger partial charge in [0.25, 0.3) is 5.91 Å². The Balaban J connectivity index is 2.00. The Kier molecular flexibility index (Phi) is 5.56. The predicted octanol–water partition coefficient (Wildman–Crippen LogP) is 2.12. The first-order chi connectivity index (χ1) is 10.1. The molecule has 1 fully saturated rings. The van der Waals surface area contributed by atoms with Gasteiger partial charge in [0, 0.05) is 31.4 Å². The fourth-order valence-electron chi connectivity index (χ4n) is 2.68. The molecule has 0 saturated carbocycles. The second-order valence-corrected chi connectivity index (χ2v) is 5.87. The van der Waals surface area contributed by atoms with Crippen molar-refractivity contribution in [1.82, 2.24) is 15.2 Å². The maximum atomic E-state index is 12.5. The maximum Gasteiger partial charge on any atom is 0.253 e. The molecule has 0 aromatic carbocycles. The fourth-order valence-corrected chi connectivity index (χ4v) is 2.68. The van der Waals surface area contributed by atoms with E-state index < -0.39 is 0 Å². The van der Waals surface area contributed by atoms with Crippen LogP contribution in [0.2, 0.25) is 0 Å². The highest BCUT2D eigenvalue weighted by molar-refractivity contribution is 5.99. The minimum Gasteiger partial charge on any atom is -0.383 e. The van der Waals surface area contributed by atoms with Crippen LogP contribution in [0.5, 0.6) is 0 Å². The molecule has 0 aliphatic carbocycles. The molecule has 1 saturated heterocycles. The van der Waals surface area contributed by atoms with E-state index in [-0.39, 0.29) is 11.9 Å². The maximum absolute atomic E-state index is 12.5. The first-order valence-corrected chi connectivity index (χ1v) is 7.80. The van der Waals surface area contributed by atoms with Gasteiger partial charge in [-0.25, -0.2) is 0 Å². The van der Waals surface area contributed by atoms with Gasteiger partial charge in [0.2, 0.25) is 0 Å². The smallest absolute Gasteiger partial charge is 0.253 e. The molecule has 1 aliphatic rings. The van der Waals surface area contributed by atoms with Crippen LogP contribution in [0.25, 0.3) is 0 Å². The summed E-state index contributed by atoms with van der Waals surface area (Å²) in [7, 11) is 2.14. The molecule has 1 amide bonds. The number of piperidine rings is 1. The monoisotopic (exact) mass is 290 g/mol. The number of carbonyl (C=O) groups is 1. The molecule has 0 bridgehead atoms. The Labute approximate surface area is 127 Å². The summed E-state index contributed by atoms with van der Waals surface area (Å²) in [6, 6.07) is 2.56. The zero-order chi connectivity index (χ0) is 15.2. The molecule has 2 heterocycles. The molecule has 1 aromatic rings. The van der Waals surface area contributed by atoms with E-state index >= 15 is 0 Å². The first kappa shape index (κ1) is 15.8.